The van der Waals surface area contributed by atoms with Crippen LogP contribution in [0.2, 0.25) is 0 Å². The minimum absolute atomic E-state index is 0.00561. The summed E-state index contributed by atoms with van der Waals surface area (Å²) in [4.78, 5) is 25.8. The molecule has 35 heavy (non-hydrogen) atoms. The van der Waals surface area contributed by atoms with Crippen LogP contribution in [0, 0.1) is 17.0 Å². The molecule has 1 amide bonds. The highest BCUT2D eigenvalue weighted by Gasteiger charge is 2.47. The van der Waals surface area contributed by atoms with Gasteiger partial charge in [0.15, 0.2) is 11.6 Å². The van der Waals surface area contributed by atoms with Gasteiger partial charge in [0.25, 0.3) is 0 Å². The molecule has 7 nitrogen and oxygen atoms in total. The first-order chi connectivity index (χ1) is 16.4. The van der Waals surface area contributed by atoms with E-state index in [1.807, 2.05) is 4.90 Å². The van der Waals surface area contributed by atoms with Crippen molar-refractivity contribution >= 4 is 11.9 Å². The minimum Gasteiger partial charge on any atom is -0.485 e. The number of para-hydroxylation sites is 1. The smallest absolute Gasteiger partial charge is 0.303 e. The minimum atomic E-state index is -1.06. The predicted octanol–water partition coefficient (Wildman–Crippen LogP) is 3.35. The molecule has 1 aliphatic carbocycles. The molecular formula is C26H32F2N2O5. The summed E-state index contributed by atoms with van der Waals surface area (Å²) in [6, 6.07) is 10.8. The average Bonchev–Trinajstić information content (AvgIpc) is 3.04. The molecule has 1 saturated carbocycles. The summed E-state index contributed by atoms with van der Waals surface area (Å²) in [5.41, 5.74) is 0.0540. The molecule has 0 radical (unpaired) electrons. The van der Waals surface area contributed by atoms with E-state index >= 15 is 0 Å². The monoisotopic (exact) mass is 490 g/mol. The molecule has 1 aliphatic rings. The number of ether oxygens (including phenoxy) is 1. The van der Waals surface area contributed by atoms with Gasteiger partial charge in [0.05, 0.1) is 18.5 Å². The van der Waals surface area contributed by atoms with E-state index in [9.17, 15) is 23.5 Å². The highest BCUT2D eigenvalue weighted by molar-refractivity contribution is 5.78. The van der Waals surface area contributed by atoms with E-state index in [-0.39, 0.29) is 36.7 Å². The summed E-state index contributed by atoms with van der Waals surface area (Å²) in [7, 11) is 1.77. The lowest BCUT2D eigenvalue weighted by molar-refractivity contribution is -0.139. The Bertz CT molecular complexity index is 1030. The molecule has 0 heterocycles. The number of hydrogen-bond donors (Lipinski definition) is 3. The van der Waals surface area contributed by atoms with E-state index in [1.165, 1.54) is 30.3 Å². The predicted molar refractivity (Wildman–Crippen MR) is 126 cm³/mol. The van der Waals surface area contributed by atoms with Crippen LogP contribution in [-0.2, 0) is 16.1 Å². The zero-order chi connectivity index (χ0) is 25.8. The average molecular weight is 491 g/mol. The molecule has 190 valence electrons. The highest BCUT2D eigenvalue weighted by atomic mass is 19.1. The van der Waals surface area contributed by atoms with Crippen LogP contribution in [0.1, 0.15) is 38.7 Å². The topological polar surface area (TPSA) is 99.1 Å². The third kappa shape index (κ3) is 7.22. The van der Waals surface area contributed by atoms with Gasteiger partial charge in [-0.2, -0.15) is 0 Å². The standard InChI is InChI=1S/C26H32F2N2O5/c1-26(2,14-23(32)33)13-22(31)29-19-12-21(35-20-7-5-4-6-18(20)28)25(34)24(19)30(3)15-16-8-10-17(27)11-9-16/h4-11,19,21,24-25,34H,12-15H2,1-3H3,(H,29,31)(H,32,33)/t19-,21-,24+,25+/m1/s1. The van der Waals surface area contributed by atoms with Gasteiger partial charge in [0.1, 0.15) is 18.0 Å². The molecule has 0 unspecified atom stereocenters. The second-order valence-electron chi connectivity index (χ2n) is 9.93. The Morgan fingerprint density at radius 1 is 1.11 bits per heavy atom. The van der Waals surface area contributed by atoms with Crippen molar-refractivity contribution in [3.63, 3.8) is 0 Å². The molecule has 3 N–H and O–H groups in total. The van der Waals surface area contributed by atoms with E-state index in [0.717, 1.165) is 5.56 Å². The molecule has 9 heteroatoms. The van der Waals surface area contributed by atoms with Gasteiger partial charge >= 0.3 is 5.97 Å². The van der Waals surface area contributed by atoms with Crippen molar-refractivity contribution in [2.45, 2.75) is 63.9 Å². The van der Waals surface area contributed by atoms with Gasteiger partial charge in [-0.15, -0.1) is 0 Å². The number of nitrogens with zero attached hydrogens (tertiary/aromatic N) is 1. The van der Waals surface area contributed by atoms with Crippen LogP contribution in [0.3, 0.4) is 0 Å². The summed E-state index contributed by atoms with van der Waals surface area (Å²) < 4.78 is 33.3. The Morgan fingerprint density at radius 2 is 1.77 bits per heavy atom. The van der Waals surface area contributed by atoms with E-state index in [2.05, 4.69) is 5.32 Å². The van der Waals surface area contributed by atoms with Gasteiger partial charge in [-0.1, -0.05) is 38.1 Å². The summed E-state index contributed by atoms with van der Waals surface area (Å²) in [6.07, 6.45) is -1.80. The first-order valence-electron chi connectivity index (χ1n) is 11.5. The Kier molecular flexibility index (Phi) is 8.45. The number of carbonyl (C=O) groups excluding carboxylic acids is 1. The maximum absolute atomic E-state index is 14.2. The van der Waals surface area contributed by atoms with Crippen LogP contribution < -0.4 is 10.1 Å². The molecule has 3 rings (SSSR count). The number of rotatable bonds is 10. The molecule has 0 aromatic heterocycles. The molecule has 0 bridgehead atoms. The summed E-state index contributed by atoms with van der Waals surface area (Å²) in [5.74, 6) is -2.25. The maximum atomic E-state index is 14.2. The number of benzene rings is 2. The van der Waals surface area contributed by atoms with Gasteiger partial charge < -0.3 is 20.3 Å². The number of carboxylic acids is 1. The fourth-order valence-corrected chi connectivity index (χ4v) is 4.67. The molecule has 1 fully saturated rings. The lowest BCUT2D eigenvalue weighted by Crippen LogP contribution is -2.52. The van der Waals surface area contributed by atoms with Gasteiger partial charge in [0, 0.05) is 19.4 Å². The number of likely N-dealkylation sites (N-methyl/N-ethyl adjacent to an activating group) is 1. The number of carbonyl (C=O) groups is 2. The van der Waals surface area contributed by atoms with Crippen molar-refractivity contribution < 1.29 is 33.3 Å². The van der Waals surface area contributed by atoms with Crippen molar-refractivity contribution in [2.24, 2.45) is 5.41 Å². The van der Waals surface area contributed by atoms with Gasteiger partial charge in [0.2, 0.25) is 5.91 Å². The number of nitrogens with one attached hydrogen (secondary N) is 1. The zero-order valence-electron chi connectivity index (χ0n) is 20.1. The lowest BCUT2D eigenvalue weighted by Gasteiger charge is -2.33. The normalized spacial score (nSPS) is 22.3. The van der Waals surface area contributed by atoms with Crippen LogP contribution in [0.5, 0.6) is 5.75 Å². The number of amides is 1. The van der Waals surface area contributed by atoms with Crippen molar-refractivity contribution in [1.82, 2.24) is 10.2 Å². The van der Waals surface area contributed by atoms with E-state index < -0.39 is 41.5 Å². The van der Waals surface area contributed by atoms with E-state index in [0.29, 0.717) is 6.54 Å². The number of aliphatic hydroxyl groups is 1. The number of carboxylic acid groups (broad SMARTS) is 1. The summed E-state index contributed by atoms with van der Waals surface area (Å²) in [5, 5.41) is 23.2. The van der Waals surface area contributed by atoms with Crippen LogP contribution in [0.15, 0.2) is 48.5 Å². The second kappa shape index (κ2) is 11.1. The molecule has 0 spiro atoms. The van der Waals surface area contributed by atoms with Gasteiger partial charge in [-0.25, -0.2) is 8.78 Å². The number of aliphatic hydroxyl groups excluding tert-OH is 1. The van der Waals surface area contributed by atoms with Gasteiger partial charge in [-0.3, -0.25) is 14.5 Å². The zero-order valence-corrected chi connectivity index (χ0v) is 20.1. The summed E-state index contributed by atoms with van der Waals surface area (Å²) >= 11 is 0. The molecule has 0 aliphatic heterocycles. The number of hydrogen-bond acceptors (Lipinski definition) is 5. The molecule has 4 atom stereocenters. The lowest BCUT2D eigenvalue weighted by atomic mass is 9.85. The Balaban J connectivity index is 1.78. The molecule has 2 aromatic rings. The highest BCUT2D eigenvalue weighted by Crippen LogP contribution is 2.31. The van der Waals surface area contributed by atoms with Crippen molar-refractivity contribution in [1.29, 1.82) is 0 Å². The van der Waals surface area contributed by atoms with E-state index in [1.54, 1.807) is 39.1 Å². The molecular weight excluding hydrogens is 458 g/mol. The first-order valence-corrected chi connectivity index (χ1v) is 11.5. The van der Waals surface area contributed by atoms with Crippen molar-refractivity contribution in [2.75, 3.05) is 7.05 Å². The number of aliphatic carboxylic acids is 1. The SMILES string of the molecule is CN(Cc1ccc(F)cc1)[C@@H]1[C@@H](O)[C@H](Oc2ccccc2F)C[C@H]1NC(=O)CC(C)(C)CC(=O)O. The summed E-state index contributed by atoms with van der Waals surface area (Å²) in [6.45, 7) is 3.77. The Hall–Kier alpha value is -3.04. The van der Waals surface area contributed by atoms with E-state index in [4.69, 9.17) is 9.84 Å². The quantitative estimate of drug-likeness (QED) is 0.473. The number of halogens is 2. The van der Waals surface area contributed by atoms with Crippen LogP contribution in [0.25, 0.3) is 0 Å². The molecule has 2 aromatic carbocycles. The molecule has 0 saturated heterocycles. The largest absolute Gasteiger partial charge is 0.485 e. The van der Waals surface area contributed by atoms with Crippen LogP contribution in [-0.4, -0.2) is 58.3 Å². The first kappa shape index (κ1) is 26.6. The third-order valence-corrected chi connectivity index (χ3v) is 6.21. The second-order valence-corrected chi connectivity index (χ2v) is 9.93. The fourth-order valence-electron chi connectivity index (χ4n) is 4.67. The fraction of sp³-hybridized carbons (Fsp3) is 0.462. The maximum Gasteiger partial charge on any atom is 0.303 e. The van der Waals surface area contributed by atoms with Crippen molar-refractivity contribution in [3.05, 3.63) is 65.7 Å². The third-order valence-electron chi connectivity index (χ3n) is 6.21. The van der Waals surface area contributed by atoms with Gasteiger partial charge in [-0.05, 0) is 42.3 Å². The Morgan fingerprint density at radius 3 is 2.40 bits per heavy atom. The van der Waals surface area contributed by atoms with Crippen LogP contribution in [0.4, 0.5) is 8.78 Å². The Labute approximate surface area is 203 Å². The van der Waals surface area contributed by atoms with Crippen LogP contribution >= 0.6 is 0 Å². The van der Waals surface area contributed by atoms with Crippen molar-refractivity contribution in [3.8, 4) is 5.75 Å².